The van der Waals surface area contributed by atoms with Gasteiger partial charge in [0, 0.05) is 18.0 Å². The number of nitrogens with zero attached hydrogens (tertiary/aromatic N) is 2. The summed E-state index contributed by atoms with van der Waals surface area (Å²) < 4.78 is 6.42. The van der Waals surface area contributed by atoms with Crippen LogP contribution in [0.4, 0.5) is 0 Å². The number of hydrogen-bond acceptors (Lipinski definition) is 3. The molecule has 0 spiro atoms. The molecule has 0 aliphatic rings. The van der Waals surface area contributed by atoms with E-state index >= 15 is 0 Å². The Morgan fingerprint density at radius 1 is 1.19 bits per heavy atom. The van der Waals surface area contributed by atoms with Crippen LogP contribution in [0, 0.1) is 0 Å². The Labute approximate surface area is 124 Å². The van der Waals surface area contributed by atoms with E-state index in [4.69, 9.17) is 4.74 Å². The maximum Gasteiger partial charge on any atom is 0.356 e. The highest BCUT2D eigenvalue weighted by Gasteiger charge is 2.19. The number of fused-ring (bicyclic) bond motifs is 1. The highest BCUT2D eigenvalue weighted by atomic mass is 31.0. The van der Waals surface area contributed by atoms with Crippen LogP contribution in [-0.2, 0) is 11.8 Å². The second-order valence-electron chi connectivity index (χ2n) is 4.79. The normalized spacial score (nSPS) is 10.8. The Bertz CT molecular complexity index is 822. The first-order valence-corrected chi connectivity index (χ1v) is 7.09. The largest absolute Gasteiger partial charge is 0.464 e. The van der Waals surface area contributed by atoms with Crippen LogP contribution >= 0.6 is 9.24 Å². The summed E-state index contributed by atoms with van der Waals surface area (Å²) in [6.07, 6.45) is 0. The maximum absolute atomic E-state index is 11.9. The van der Waals surface area contributed by atoms with Crippen molar-refractivity contribution >= 4 is 31.4 Å². The van der Waals surface area contributed by atoms with E-state index in [0.717, 1.165) is 27.3 Å². The van der Waals surface area contributed by atoms with E-state index in [1.165, 1.54) is 7.11 Å². The molecule has 0 N–H and O–H groups in total. The van der Waals surface area contributed by atoms with Crippen LogP contribution in [0.15, 0.2) is 42.5 Å². The summed E-state index contributed by atoms with van der Waals surface area (Å²) in [5, 5.41) is 6.42. The van der Waals surface area contributed by atoms with Gasteiger partial charge in [0.15, 0.2) is 5.69 Å². The lowest BCUT2D eigenvalue weighted by Crippen LogP contribution is -2.08. The van der Waals surface area contributed by atoms with Crippen molar-refractivity contribution in [1.29, 1.82) is 0 Å². The lowest BCUT2D eigenvalue weighted by Gasteiger charge is -2.03. The molecular formula is C16H15N2O2P. The maximum atomic E-state index is 11.9. The zero-order valence-corrected chi connectivity index (χ0v) is 13.0. The zero-order chi connectivity index (χ0) is 15.0. The number of rotatable bonds is 2. The first-order chi connectivity index (χ1) is 10.1. The second kappa shape index (κ2) is 5.30. The Morgan fingerprint density at radius 2 is 1.90 bits per heavy atom. The summed E-state index contributed by atoms with van der Waals surface area (Å²) >= 11 is 0. The first kappa shape index (κ1) is 13.8. The molecule has 1 aromatic heterocycles. The van der Waals surface area contributed by atoms with Gasteiger partial charge in [0.05, 0.1) is 7.11 Å². The van der Waals surface area contributed by atoms with Crippen molar-refractivity contribution in [3.63, 3.8) is 0 Å². The van der Waals surface area contributed by atoms with Gasteiger partial charge in [-0.05, 0) is 10.9 Å². The Hall–Kier alpha value is -2.19. The Morgan fingerprint density at radius 3 is 2.57 bits per heavy atom. The number of hydrogen-bond donors (Lipinski definition) is 0. The van der Waals surface area contributed by atoms with Gasteiger partial charge in [0.1, 0.15) is 5.52 Å². The summed E-state index contributed by atoms with van der Waals surface area (Å²) in [4.78, 5) is 11.9. The molecule has 21 heavy (non-hydrogen) atoms. The van der Waals surface area contributed by atoms with E-state index < -0.39 is 0 Å². The molecule has 3 rings (SSSR count). The van der Waals surface area contributed by atoms with Crippen molar-refractivity contribution in [3.05, 3.63) is 48.2 Å². The number of ether oxygens (including phenoxy) is 1. The molecule has 3 aromatic rings. The quantitative estimate of drug-likeness (QED) is 0.539. The summed E-state index contributed by atoms with van der Waals surface area (Å²) in [7, 11) is 5.80. The van der Waals surface area contributed by atoms with E-state index in [9.17, 15) is 4.79 Å². The zero-order valence-electron chi connectivity index (χ0n) is 11.8. The molecule has 0 amide bonds. The molecule has 0 aliphatic carbocycles. The fourth-order valence-electron chi connectivity index (χ4n) is 2.45. The van der Waals surface area contributed by atoms with Crippen LogP contribution in [0.3, 0.4) is 0 Å². The van der Waals surface area contributed by atoms with Crippen LogP contribution in [0.5, 0.6) is 0 Å². The molecule has 0 fully saturated rings. The Balaban J connectivity index is 2.26. The lowest BCUT2D eigenvalue weighted by atomic mass is 10.0. The standard InChI is InChI=1S/C16H15N2O2P/c1-18-15(16(19)20-2)13-5-3-4-12(14(13)17-18)10-6-8-11(21)9-7-10/h3-9H,21H2,1-2H3. The van der Waals surface area contributed by atoms with Gasteiger partial charge in [-0.1, -0.05) is 42.5 Å². The van der Waals surface area contributed by atoms with Crippen molar-refractivity contribution in [1.82, 2.24) is 9.78 Å². The van der Waals surface area contributed by atoms with Gasteiger partial charge in [-0.2, -0.15) is 5.10 Å². The number of carbonyl (C=O) groups is 1. The molecule has 5 heteroatoms. The van der Waals surface area contributed by atoms with E-state index in [0.29, 0.717) is 5.69 Å². The van der Waals surface area contributed by atoms with Crippen LogP contribution in [0.25, 0.3) is 22.0 Å². The third-order valence-electron chi connectivity index (χ3n) is 3.47. The molecule has 2 aromatic carbocycles. The molecule has 0 radical (unpaired) electrons. The van der Waals surface area contributed by atoms with E-state index in [2.05, 4.69) is 14.3 Å². The van der Waals surface area contributed by atoms with Gasteiger partial charge >= 0.3 is 5.97 Å². The van der Waals surface area contributed by atoms with Gasteiger partial charge in [-0.15, -0.1) is 9.24 Å². The highest BCUT2D eigenvalue weighted by Crippen LogP contribution is 2.29. The molecule has 0 bridgehead atoms. The van der Waals surface area contributed by atoms with E-state index in [1.54, 1.807) is 11.7 Å². The van der Waals surface area contributed by atoms with Gasteiger partial charge < -0.3 is 4.74 Å². The van der Waals surface area contributed by atoms with Crippen LogP contribution < -0.4 is 5.30 Å². The molecule has 0 saturated carbocycles. The minimum absolute atomic E-state index is 0.377. The number of aromatic nitrogens is 2. The summed E-state index contributed by atoms with van der Waals surface area (Å²) in [6.45, 7) is 0. The predicted octanol–water partition coefficient (Wildman–Crippen LogP) is 2.53. The summed E-state index contributed by atoms with van der Waals surface area (Å²) in [6, 6.07) is 14.0. The lowest BCUT2D eigenvalue weighted by molar-refractivity contribution is 0.0590. The topological polar surface area (TPSA) is 44.1 Å². The SMILES string of the molecule is COC(=O)c1c2cccc(-c3ccc(P)cc3)c2nn1C. The number of carbonyl (C=O) groups excluding carboxylic acids is 1. The fraction of sp³-hybridized carbons (Fsp3) is 0.125. The third kappa shape index (κ3) is 2.32. The monoisotopic (exact) mass is 298 g/mol. The summed E-state index contributed by atoms with van der Waals surface area (Å²) in [5.74, 6) is -0.377. The summed E-state index contributed by atoms with van der Waals surface area (Å²) in [5.41, 5.74) is 3.35. The van der Waals surface area contributed by atoms with E-state index in [-0.39, 0.29) is 5.97 Å². The van der Waals surface area contributed by atoms with Gasteiger partial charge in [0.25, 0.3) is 0 Å². The molecule has 1 atom stereocenters. The smallest absolute Gasteiger partial charge is 0.356 e. The van der Waals surface area contributed by atoms with Crippen molar-refractivity contribution in [2.24, 2.45) is 7.05 Å². The number of methoxy groups -OCH3 is 1. The molecule has 0 aliphatic heterocycles. The van der Waals surface area contributed by atoms with Crippen molar-refractivity contribution in [2.75, 3.05) is 7.11 Å². The third-order valence-corrected chi connectivity index (χ3v) is 3.85. The van der Waals surface area contributed by atoms with Crippen LogP contribution in [-0.4, -0.2) is 22.9 Å². The van der Waals surface area contributed by atoms with Crippen molar-refractivity contribution in [3.8, 4) is 11.1 Å². The van der Waals surface area contributed by atoms with Crippen molar-refractivity contribution in [2.45, 2.75) is 0 Å². The molecule has 0 saturated heterocycles. The minimum atomic E-state index is -0.377. The van der Waals surface area contributed by atoms with Gasteiger partial charge in [0.2, 0.25) is 0 Å². The molecule has 1 heterocycles. The number of aryl methyl sites for hydroxylation is 1. The first-order valence-electron chi connectivity index (χ1n) is 6.51. The number of esters is 1. The highest BCUT2D eigenvalue weighted by molar-refractivity contribution is 7.27. The van der Waals surface area contributed by atoms with Crippen molar-refractivity contribution < 1.29 is 9.53 Å². The molecule has 1 unspecified atom stereocenters. The van der Waals surface area contributed by atoms with Crippen LogP contribution in [0.2, 0.25) is 0 Å². The van der Waals surface area contributed by atoms with Gasteiger partial charge in [-0.3, -0.25) is 4.68 Å². The van der Waals surface area contributed by atoms with E-state index in [1.807, 2.05) is 42.5 Å². The molecular weight excluding hydrogens is 283 g/mol. The van der Waals surface area contributed by atoms with Gasteiger partial charge in [-0.25, -0.2) is 4.79 Å². The Kier molecular flexibility index (Phi) is 3.48. The molecule has 106 valence electrons. The molecule has 4 nitrogen and oxygen atoms in total. The predicted molar refractivity (Wildman–Crippen MR) is 86.8 cm³/mol. The average Bonchev–Trinajstić information content (AvgIpc) is 2.83. The number of benzene rings is 2. The average molecular weight is 298 g/mol. The second-order valence-corrected chi connectivity index (χ2v) is 5.45. The fourth-order valence-corrected chi connectivity index (χ4v) is 2.64. The minimum Gasteiger partial charge on any atom is -0.464 e. The van der Waals surface area contributed by atoms with Crippen LogP contribution in [0.1, 0.15) is 10.5 Å².